The largest absolute Gasteiger partial charge is 0.462 e. The maximum atomic E-state index is 12.2. The van der Waals surface area contributed by atoms with E-state index in [4.69, 9.17) is 4.74 Å². The van der Waals surface area contributed by atoms with E-state index in [0.29, 0.717) is 24.4 Å². The number of carbonyl (C=O) groups excluding carboxylic acids is 1. The molecule has 0 saturated heterocycles. The van der Waals surface area contributed by atoms with Crippen LogP contribution in [0.15, 0.2) is 58.1 Å². The molecule has 0 unspecified atom stereocenters. The van der Waals surface area contributed by atoms with Gasteiger partial charge in [0.15, 0.2) is 0 Å². The van der Waals surface area contributed by atoms with Gasteiger partial charge in [-0.3, -0.25) is 14.3 Å². The molecule has 138 valence electrons. The van der Waals surface area contributed by atoms with E-state index in [1.165, 1.54) is 6.07 Å². The lowest BCUT2D eigenvalue weighted by molar-refractivity contribution is -0.139. The summed E-state index contributed by atoms with van der Waals surface area (Å²) in [5.74, 6) is -0.364. The third-order valence-electron chi connectivity index (χ3n) is 3.96. The van der Waals surface area contributed by atoms with E-state index in [1.807, 2.05) is 30.3 Å². The van der Waals surface area contributed by atoms with Crippen LogP contribution in [0.1, 0.15) is 32.6 Å². The number of aromatic amines is 1. The molecule has 0 spiro atoms. The average molecular weight is 356 g/mol. The fourth-order valence-corrected chi connectivity index (χ4v) is 2.60. The topological polar surface area (TPSA) is 81.2 Å². The molecule has 26 heavy (non-hydrogen) atoms. The van der Waals surface area contributed by atoms with E-state index >= 15 is 0 Å². The Bertz CT molecular complexity index is 865. The molecule has 0 fully saturated rings. The van der Waals surface area contributed by atoms with E-state index in [-0.39, 0.29) is 5.97 Å². The number of nitrogens with one attached hydrogen (secondary N) is 1. The molecule has 0 saturated carbocycles. The molecular weight excluding hydrogens is 332 g/mol. The minimum absolute atomic E-state index is 0.364. The van der Waals surface area contributed by atoms with Gasteiger partial charge in [-0.1, -0.05) is 43.3 Å². The molecule has 0 aliphatic carbocycles. The predicted octanol–water partition coefficient (Wildman–Crippen LogP) is 2.88. The molecule has 0 aliphatic heterocycles. The minimum atomic E-state index is -0.399. The predicted molar refractivity (Wildman–Crippen MR) is 101 cm³/mol. The van der Waals surface area contributed by atoms with Crippen molar-refractivity contribution in [2.45, 2.75) is 39.2 Å². The van der Waals surface area contributed by atoms with Crippen LogP contribution in [0.5, 0.6) is 0 Å². The van der Waals surface area contributed by atoms with Crippen molar-refractivity contribution in [3.63, 3.8) is 0 Å². The molecule has 1 N–H and O–H groups in total. The van der Waals surface area contributed by atoms with Gasteiger partial charge in [0.2, 0.25) is 0 Å². The molecule has 0 aliphatic rings. The number of carbonyl (C=O) groups is 1. The summed E-state index contributed by atoms with van der Waals surface area (Å²) in [6.07, 6.45) is 3.35. The molecule has 1 aromatic heterocycles. The Balaban J connectivity index is 1.90. The lowest BCUT2D eigenvalue weighted by Gasteiger charge is -2.12. The Morgan fingerprint density at radius 1 is 1.12 bits per heavy atom. The highest BCUT2D eigenvalue weighted by atomic mass is 16.5. The Morgan fingerprint density at radius 2 is 1.81 bits per heavy atom. The lowest BCUT2D eigenvalue weighted by atomic mass is 10.1. The average Bonchev–Trinajstić information content (AvgIpc) is 2.62. The highest BCUT2D eigenvalue weighted by Gasteiger charge is 2.08. The summed E-state index contributed by atoms with van der Waals surface area (Å²) < 4.78 is 6.64. The summed E-state index contributed by atoms with van der Waals surface area (Å²) in [4.78, 5) is 37.4. The minimum Gasteiger partial charge on any atom is -0.462 e. The molecule has 1 heterocycles. The maximum absolute atomic E-state index is 12.2. The lowest BCUT2D eigenvalue weighted by Crippen LogP contribution is -2.30. The van der Waals surface area contributed by atoms with E-state index in [9.17, 15) is 14.4 Å². The van der Waals surface area contributed by atoms with Crippen molar-refractivity contribution in [3.05, 3.63) is 69.4 Å². The van der Waals surface area contributed by atoms with Gasteiger partial charge in [-0.2, -0.15) is 0 Å². The van der Waals surface area contributed by atoms with Gasteiger partial charge in [0.05, 0.1) is 12.3 Å². The number of unbranched alkanes of at least 4 members (excludes halogenated alkanes) is 3. The maximum Gasteiger partial charge on any atom is 0.333 e. The summed E-state index contributed by atoms with van der Waals surface area (Å²) in [5, 5.41) is 0. The number of hydrogen-bond acceptors (Lipinski definition) is 4. The molecule has 6 heteroatoms. The Labute approximate surface area is 152 Å². The zero-order valence-electron chi connectivity index (χ0n) is 15.0. The summed E-state index contributed by atoms with van der Waals surface area (Å²) in [6, 6.07) is 10.8. The Hall–Kier alpha value is -2.89. The van der Waals surface area contributed by atoms with E-state index in [1.54, 1.807) is 11.5 Å². The number of hydrogen-bond donors (Lipinski definition) is 1. The molecule has 0 amide bonds. The van der Waals surface area contributed by atoms with Crippen molar-refractivity contribution in [2.24, 2.45) is 0 Å². The quantitative estimate of drug-likeness (QED) is 0.425. The summed E-state index contributed by atoms with van der Waals surface area (Å²) in [7, 11) is 0. The van der Waals surface area contributed by atoms with Crippen LogP contribution in [0.3, 0.4) is 0 Å². The second-order valence-electron chi connectivity index (χ2n) is 6.17. The highest BCUT2D eigenvalue weighted by molar-refractivity contribution is 5.86. The van der Waals surface area contributed by atoms with Crippen molar-refractivity contribution in [1.29, 1.82) is 0 Å². The van der Waals surface area contributed by atoms with Crippen molar-refractivity contribution in [2.75, 3.05) is 6.61 Å². The molecule has 0 bridgehead atoms. The van der Waals surface area contributed by atoms with Gasteiger partial charge < -0.3 is 4.74 Å². The van der Waals surface area contributed by atoms with Gasteiger partial charge in [-0.25, -0.2) is 9.59 Å². The number of nitrogens with zero attached hydrogens (tertiary/aromatic N) is 1. The number of ether oxygens (including phenoxy) is 1. The van der Waals surface area contributed by atoms with Gasteiger partial charge in [0, 0.05) is 18.2 Å². The van der Waals surface area contributed by atoms with Gasteiger partial charge >= 0.3 is 11.7 Å². The zero-order chi connectivity index (χ0) is 18.9. The van der Waals surface area contributed by atoms with Crippen LogP contribution < -0.4 is 11.2 Å². The number of esters is 1. The van der Waals surface area contributed by atoms with Gasteiger partial charge in [0.25, 0.3) is 5.56 Å². The van der Waals surface area contributed by atoms with Crippen LogP contribution in [-0.4, -0.2) is 22.1 Å². The van der Waals surface area contributed by atoms with Crippen LogP contribution in [0.2, 0.25) is 0 Å². The fraction of sp³-hybridized carbons (Fsp3) is 0.350. The van der Waals surface area contributed by atoms with E-state index in [0.717, 1.165) is 31.2 Å². The molecule has 0 radical (unpaired) electrons. The number of benzene rings is 1. The van der Waals surface area contributed by atoms with Gasteiger partial charge in [0.1, 0.15) is 0 Å². The monoisotopic (exact) mass is 356 g/mol. The van der Waals surface area contributed by atoms with E-state index < -0.39 is 11.2 Å². The third-order valence-corrected chi connectivity index (χ3v) is 3.96. The standard InChI is InChI=1S/C20H24N2O4/c1-15(2)19(24)26-13-9-4-3-8-12-22-17(14-18(23)21-20(22)25)16-10-6-5-7-11-16/h5-7,10-11,14H,1,3-4,8-9,12-13H2,2H3,(H,21,23,25). The molecule has 1 aromatic carbocycles. The summed E-state index contributed by atoms with van der Waals surface area (Å²) in [6.45, 7) is 6.05. The molecule has 0 atom stereocenters. The third kappa shape index (κ3) is 5.58. The first kappa shape index (κ1) is 19.4. The summed E-state index contributed by atoms with van der Waals surface area (Å²) >= 11 is 0. The summed E-state index contributed by atoms with van der Waals surface area (Å²) in [5.41, 5.74) is 1.06. The van der Waals surface area contributed by atoms with Crippen molar-refractivity contribution < 1.29 is 9.53 Å². The Morgan fingerprint density at radius 3 is 2.50 bits per heavy atom. The van der Waals surface area contributed by atoms with Crippen LogP contribution >= 0.6 is 0 Å². The first-order chi connectivity index (χ1) is 12.5. The second-order valence-corrected chi connectivity index (χ2v) is 6.17. The second kappa shape index (κ2) is 9.56. The van der Waals surface area contributed by atoms with Crippen molar-refractivity contribution in [3.8, 4) is 11.3 Å². The van der Waals surface area contributed by atoms with Crippen LogP contribution in [0.4, 0.5) is 0 Å². The first-order valence-corrected chi connectivity index (χ1v) is 8.71. The van der Waals surface area contributed by atoms with Crippen LogP contribution in [0, 0.1) is 0 Å². The smallest absolute Gasteiger partial charge is 0.333 e. The zero-order valence-corrected chi connectivity index (χ0v) is 15.0. The fourth-order valence-electron chi connectivity index (χ4n) is 2.60. The molecule has 2 rings (SSSR count). The van der Waals surface area contributed by atoms with Gasteiger partial charge in [-0.15, -0.1) is 0 Å². The molecule has 2 aromatic rings. The normalized spacial score (nSPS) is 10.5. The first-order valence-electron chi connectivity index (χ1n) is 8.71. The SMILES string of the molecule is C=C(C)C(=O)OCCCCCCn1c(-c2ccccc2)cc(=O)[nH]c1=O. The van der Waals surface area contributed by atoms with Crippen molar-refractivity contribution in [1.82, 2.24) is 9.55 Å². The molecular formula is C20H24N2O4. The number of aromatic nitrogens is 2. The van der Waals surface area contributed by atoms with Crippen molar-refractivity contribution >= 4 is 5.97 Å². The number of rotatable bonds is 9. The Kier molecular flexibility index (Phi) is 7.14. The van der Waals surface area contributed by atoms with Gasteiger partial charge in [-0.05, 0) is 31.7 Å². The van der Waals surface area contributed by atoms with Crippen LogP contribution in [-0.2, 0) is 16.1 Å². The highest BCUT2D eigenvalue weighted by Crippen LogP contribution is 2.16. The van der Waals surface area contributed by atoms with Crippen LogP contribution in [0.25, 0.3) is 11.3 Å². The van der Waals surface area contributed by atoms with E-state index in [2.05, 4.69) is 11.6 Å². The molecule has 6 nitrogen and oxygen atoms in total. The number of H-pyrrole nitrogens is 1.